The summed E-state index contributed by atoms with van der Waals surface area (Å²) in [5.74, 6) is -3.93. The van der Waals surface area contributed by atoms with Crippen LogP contribution in [0.3, 0.4) is 0 Å². The van der Waals surface area contributed by atoms with E-state index >= 15 is 0 Å². The molecule has 2 unspecified atom stereocenters. The van der Waals surface area contributed by atoms with Gasteiger partial charge in [-0.25, -0.2) is 8.78 Å². The van der Waals surface area contributed by atoms with E-state index in [0.29, 0.717) is 17.7 Å². The van der Waals surface area contributed by atoms with Crippen molar-refractivity contribution in [1.82, 2.24) is 0 Å². The van der Waals surface area contributed by atoms with E-state index in [0.717, 1.165) is 12.1 Å². The molecular weight excluding hydrogens is 328 g/mol. The number of rotatable bonds is 4. The molecule has 5 nitrogen and oxygen atoms in total. The number of amides is 2. The Hall–Kier alpha value is -3.27. The fourth-order valence-electron chi connectivity index (χ4n) is 2.51. The number of para-hydroxylation sites is 1. The average molecular weight is 341 g/mol. The van der Waals surface area contributed by atoms with E-state index in [-0.39, 0.29) is 5.91 Å². The summed E-state index contributed by atoms with van der Waals surface area (Å²) in [5, 5.41) is 13.7. The highest BCUT2D eigenvalue weighted by molar-refractivity contribution is 6.03. The van der Waals surface area contributed by atoms with Gasteiger partial charge in [-0.1, -0.05) is 12.1 Å². The molecule has 1 saturated carbocycles. The number of carbonyl (C=O) groups excluding carboxylic acids is 2. The maximum atomic E-state index is 13.5. The van der Waals surface area contributed by atoms with E-state index in [4.69, 9.17) is 5.26 Å². The molecule has 0 spiro atoms. The third kappa shape index (κ3) is 3.63. The van der Waals surface area contributed by atoms with Crippen LogP contribution in [0.5, 0.6) is 0 Å². The zero-order valence-electron chi connectivity index (χ0n) is 12.9. The van der Waals surface area contributed by atoms with Gasteiger partial charge >= 0.3 is 0 Å². The van der Waals surface area contributed by atoms with Crippen molar-refractivity contribution in [2.45, 2.75) is 6.42 Å². The topological polar surface area (TPSA) is 82.0 Å². The van der Waals surface area contributed by atoms with E-state index in [1.54, 1.807) is 18.2 Å². The summed E-state index contributed by atoms with van der Waals surface area (Å²) in [7, 11) is 0. The monoisotopic (exact) mass is 341 g/mol. The largest absolute Gasteiger partial charge is 0.326 e. The van der Waals surface area contributed by atoms with Gasteiger partial charge in [0.2, 0.25) is 11.8 Å². The molecule has 7 heteroatoms. The first-order valence-corrected chi connectivity index (χ1v) is 7.55. The van der Waals surface area contributed by atoms with Crippen LogP contribution in [0.1, 0.15) is 12.0 Å². The van der Waals surface area contributed by atoms with Crippen molar-refractivity contribution in [2.24, 2.45) is 11.8 Å². The first-order chi connectivity index (χ1) is 12.0. The number of halogens is 2. The third-order valence-electron chi connectivity index (χ3n) is 3.93. The maximum absolute atomic E-state index is 13.5. The first-order valence-electron chi connectivity index (χ1n) is 7.55. The molecule has 2 amide bonds. The quantitative estimate of drug-likeness (QED) is 0.897. The maximum Gasteiger partial charge on any atom is 0.228 e. The van der Waals surface area contributed by atoms with Gasteiger partial charge in [-0.2, -0.15) is 5.26 Å². The lowest BCUT2D eigenvalue weighted by Gasteiger charge is -2.08. The second kappa shape index (κ2) is 6.69. The van der Waals surface area contributed by atoms with Gasteiger partial charge in [-0.05, 0) is 36.8 Å². The Balaban J connectivity index is 1.61. The van der Waals surface area contributed by atoms with Gasteiger partial charge in [0.15, 0.2) is 0 Å². The van der Waals surface area contributed by atoms with Gasteiger partial charge in [0.1, 0.15) is 17.3 Å². The lowest BCUT2D eigenvalue weighted by molar-refractivity contribution is -0.122. The Kier molecular flexibility index (Phi) is 4.44. The van der Waals surface area contributed by atoms with Crippen molar-refractivity contribution in [2.75, 3.05) is 10.6 Å². The number of nitriles is 1. The molecule has 0 bridgehead atoms. The highest BCUT2D eigenvalue weighted by Gasteiger charge is 2.48. The molecule has 1 fully saturated rings. The Morgan fingerprint density at radius 1 is 1.00 bits per heavy atom. The minimum absolute atomic E-state index is 0.297. The van der Waals surface area contributed by atoms with E-state index < -0.39 is 35.1 Å². The molecule has 0 aliphatic heterocycles. The molecule has 25 heavy (non-hydrogen) atoms. The van der Waals surface area contributed by atoms with E-state index in [2.05, 4.69) is 10.6 Å². The summed E-state index contributed by atoms with van der Waals surface area (Å²) < 4.78 is 27.1. The van der Waals surface area contributed by atoms with Crippen molar-refractivity contribution >= 4 is 23.2 Å². The van der Waals surface area contributed by atoms with Crippen LogP contribution in [-0.4, -0.2) is 11.8 Å². The van der Waals surface area contributed by atoms with Crippen molar-refractivity contribution < 1.29 is 18.4 Å². The smallest absolute Gasteiger partial charge is 0.228 e. The number of anilines is 2. The average Bonchev–Trinajstić information content (AvgIpc) is 3.39. The van der Waals surface area contributed by atoms with Crippen molar-refractivity contribution in [1.29, 1.82) is 5.26 Å². The van der Waals surface area contributed by atoms with Gasteiger partial charge in [0, 0.05) is 5.69 Å². The summed E-state index contributed by atoms with van der Waals surface area (Å²) in [6.07, 6.45) is 0.297. The number of benzene rings is 2. The number of hydrogen-bond acceptors (Lipinski definition) is 3. The van der Waals surface area contributed by atoms with Crippen molar-refractivity contribution in [3.05, 3.63) is 59.7 Å². The molecule has 2 aromatic rings. The first kappa shape index (κ1) is 16.6. The highest BCUT2D eigenvalue weighted by Crippen LogP contribution is 2.40. The highest BCUT2D eigenvalue weighted by atomic mass is 19.1. The predicted molar refractivity (Wildman–Crippen MR) is 86.4 cm³/mol. The number of carbonyl (C=O) groups is 2. The van der Waals surface area contributed by atoms with Gasteiger partial charge in [0.25, 0.3) is 0 Å². The van der Waals surface area contributed by atoms with Crippen LogP contribution in [0.4, 0.5) is 20.2 Å². The molecule has 126 valence electrons. The predicted octanol–water partition coefficient (Wildman–Crippen LogP) is 3.05. The second-order valence-electron chi connectivity index (χ2n) is 5.72. The molecule has 3 rings (SSSR count). The Bertz CT molecular complexity index is 872. The summed E-state index contributed by atoms with van der Waals surface area (Å²) in [6, 6.07) is 11.6. The molecule has 0 aromatic heterocycles. The van der Waals surface area contributed by atoms with Gasteiger partial charge < -0.3 is 10.6 Å². The Morgan fingerprint density at radius 3 is 2.24 bits per heavy atom. The van der Waals surface area contributed by atoms with E-state index in [1.165, 1.54) is 12.1 Å². The lowest BCUT2D eigenvalue weighted by atomic mass is 10.2. The minimum Gasteiger partial charge on any atom is -0.326 e. The SMILES string of the molecule is N#Cc1cccc(NC(=O)C2CC2C(=O)Nc2c(F)cccc2F)c1. The molecule has 0 saturated heterocycles. The van der Waals surface area contributed by atoms with E-state index in [1.807, 2.05) is 6.07 Å². The van der Waals surface area contributed by atoms with Crippen LogP contribution < -0.4 is 10.6 Å². The normalized spacial score (nSPS) is 18.1. The number of nitrogens with one attached hydrogen (secondary N) is 2. The minimum atomic E-state index is -0.872. The van der Waals surface area contributed by atoms with Crippen molar-refractivity contribution in [3.63, 3.8) is 0 Å². The molecule has 2 N–H and O–H groups in total. The van der Waals surface area contributed by atoms with Gasteiger partial charge in [-0.15, -0.1) is 0 Å². The molecule has 0 heterocycles. The molecule has 1 aliphatic rings. The van der Waals surface area contributed by atoms with Crippen LogP contribution in [0.25, 0.3) is 0 Å². The molecule has 2 aromatic carbocycles. The second-order valence-corrected chi connectivity index (χ2v) is 5.72. The summed E-state index contributed by atoms with van der Waals surface area (Å²) in [5.41, 5.74) is 0.341. The fourth-order valence-corrected chi connectivity index (χ4v) is 2.51. The van der Waals surface area contributed by atoms with Gasteiger partial charge in [-0.3, -0.25) is 9.59 Å². The number of nitrogens with zero attached hydrogens (tertiary/aromatic N) is 1. The Morgan fingerprint density at radius 2 is 1.60 bits per heavy atom. The zero-order chi connectivity index (χ0) is 18.0. The molecule has 0 radical (unpaired) electrons. The lowest BCUT2D eigenvalue weighted by Crippen LogP contribution is -2.21. The summed E-state index contributed by atoms with van der Waals surface area (Å²) in [6.45, 7) is 0. The molecule has 2 atom stereocenters. The van der Waals surface area contributed by atoms with E-state index in [9.17, 15) is 18.4 Å². The van der Waals surface area contributed by atoms with Crippen molar-refractivity contribution in [3.8, 4) is 6.07 Å². The molecule has 1 aliphatic carbocycles. The van der Waals surface area contributed by atoms with Crippen LogP contribution in [0, 0.1) is 34.8 Å². The standard InChI is InChI=1S/C18H13F2N3O2/c19-14-5-2-6-15(20)16(14)23-18(25)13-8-12(13)17(24)22-11-4-1-3-10(7-11)9-21/h1-7,12-13H,8H2,(H,22,24)(H,23,25). The summed E-state index contributed by atoms with van der Waals surface area (Å²) in [4.78, 5) is 24.2. The van der Waals surface area contributed by atoms with Crippen LogP contribution in [0.2, 0.25) is 0 Å². The third-order valence-corrected chi connectivity index (χ3v) is 3.93. The van der Waals surface area contributed by atoms with Crippen LogP contribution in [-0.2, 0) is 9.59 Å². The van der Waals surface area contributed by atoms with Crippen LogP contribution >= 0.6 is 0 Å². The van der Waals surface area contributed by atoms with Crippen LogP contribution in [0.15, 0.2) is 42.5 Å². The zero-order valence-corrected chi connectivity index (χ0v) is 12.9. The fraction of sp³-hybridized carbons (Fsp3) is 0.167. The Labute approximate surface area is 142 Å². The molecular formula is C18H13F2N3O2. The number of hydrogen-bond donors (Lipinski definition) is 2. The summed E-state index contributed by atoms with van der Waals surface area (Å²) >= 11 is 0. The van der Waals surface area contributed by atoms with Gasteiger partial charge in [0.05, 0.1) is 23.5 Å².